The van der Waals surface area contributed by atoms with Gasteiger partial charge in [0.25, 0.3) is 0 Å². The van der Waals surface area contributed by atoms with E-state index in [1.54, 1.807) is 6.92 Å². The first-order valence-electron chi connectivity index (χ1n) is 4.43. The molecule has 3 nitrogen and oxygen atoms in total. The summed E-state index contributed by atoms with van der Waals surface area (Å²) in [6.07, 6.45) is 1.33. The topological polar surface area (TPSA) is 54.4 Å². The summed E-state index contributed by atoms with van der Waals surface area (Å²) < 4.78 is 0.690. The molecule has 5 heteroatoms. The van der Waals surface area contributed by atoms with Gasteiger partial charge in [-0.25, -0.2) is 4.79 Å². The molecule has 1 saturated heterocycles. The summed E-state index contributed by atoms with van der Waals surface area (Å²) in [6, 6.07) is 0. The van der Waals surface area contributed by atoms with Crippen LogP contribution >= 0.6 is 23.5 Å². The van der Waals surface area contributed by atoms with Crippen LogP contribution in [-0.4, -0.2) is 28.4 Å². The van der Waals surface area contributed by atoms with Crippen LogP contribution in [0.2, 0.25) is 0 Å². The first kappa shape index (κ1) is 11.7. The number of Topliss-reactive ketones (excluding diaryl/α,β-unsaturated/α-hetero) is 1. The van der Waals surface area contributed by atoms with Gasteiger partial charge >= 0.3 is 5.97 Å². The van der Waals surface area contributed by atoms with Crippen LogP contribution in [0, 0.1) is 0 Å². The minimum Gasteiger partial charge on any atom is -0.478 e. The highest BCUT2D eigenvalue weighted by molar-refractivity contribution is 8.22. The van der Waals surface area contributed by atoms with E-state index in [-0.39, 0.29) is 17.8 Å². The summed E-state index contributed by atoms with van der Waals surface area (Å²) in [4.78, 5) is 22.3. The molecule has 0 radical (unpaired) electrons. The number of carboxylic acids is 1. The fraction of sp³-hybridized carbons (Fsp3) is 0.556. The normalized spacial score (nSPS) is 16.5. The van der Waals surface area contributed by atoms with E-state index in [9.17, 15) is 9.59 Å². The molecule has 0 aromatic rings. The summed E-state index contributed by atoms with van der Waals surface area (Å²) in [6.45, 7) is 1.68. The molecular weight excluding hydrogens is 220 g/mol. The summed E-state index contributed by atoms with van der Waals surface area (Å²) in [7, 11) is 0. The molecule has 1 heterocycles. The van der Waals surface area contributed by atoms with Gasteiger partial charge in [-0.15, -0.1) is 23.5 Å². The molecule has 0 saturated carbocycles. The molecule has 1 aliphatic heterocycles. The van der Waals surface area contributed by atoms with Crippen LogP contribution in [0.15, 0.2) is 9.81 Å². The zero-order chi connectivity index (χ0) is 10.6. The van der Waals surface area contributed by atoms with Crippen molar-refractivity contribution in [2.75, 3.05) is 11.5 Å². The van der Waals surface area contributed by atoms with Crippen molar-refractivity contribution < 1.29 is 14.7 Å². The predicted molar refractivity (Wildman–Crippen MR) is 59.5 cm³/mol. The quantitative estimate of drug-likeness (QED) is 0.459. The monoisotopic (exact) mass is 232 g/mol. The van der Waals surface area contributed by atoms with E-state index in [4.69, 9.17) is 5.11 Å². The minimum absolute atomic E-state index is 0.0119. The highest BCUT2D eigenvalue weighted by Crippen LogP contribution is 2.37. The Kier molecular flexibility index (Phi) is 4.54. The number of hydrogen-bond donors (Lipinski definition) is 1. The van der Waals surface area contributed by atoms with Crippen LogP contribution < -0.4 is 0 Å². The number of ketones is 1. The molecule has 0 atom stereocenters. The average molecular weight is 232 g/mol. The summed E-state index contributed by atoms with van der Waals surface area (Å²) in [5.41, 5.74) is -0.0119. The number of carboxylic acid groups (broad SMARTS) is 1. The van der Waals surface area contributed by atoms with E-state index in [2.05, 4.69) is 0 Å². The Morgan fingerprint density at radius 1 is 1.36 bits per heavy atom. The van der Waals surface area contributed by atoms with E-state index in [1.807, 2.05) is 0 Å². The smallest absolute Gasteiger partial charge is 0.341 e. The highest BCUT2D eigenvalue weighted by atomic mass is 32.2. The standard InChI is InChI=1S/C9H12O3S2/c1-2-6(10)7(8(11)12)9-13-4-3-5-14-9/h2-5H2,1H3,(H,11,12). The highest BCUT2D eigenvalue weighted by Gasteiger charge is 2.23. The molecule has 0 bridgehead atoms. The SMILES string of the molecule is CCC(=O)C(C(=O)O)=C1SCCCS1. The molecule has 14 heavy (non-hydrogen) atoms. The fourth-order valence-corrected chi connectivity index (χ4v) is 3.73. The summed E-state index contributed by atoms with van der Waals surface area (Å²) in [5.74, 6) is 0.467. The van der Waals surface area contributed by atoms with Crippen molar-refractivity contribution in [1.29, 1.82) is 0 Å². The molecule has 0 aromatic carbocycles. The molecule has 1 fully saturated rings. The molecule has 0 amide bonds. The molecule has 0 spiro atoms. The van der Waals surface area contributed by atoms with Gasteiger partial charge in [-0.2, -0.15) is 0 Å². The lowest BCUT2D eigenvalue weighted by Gasteiger charge is -2.14. The summed E-state index contributed by atoms with van der Waals surface area (Å²) >= 11 is 2.97. The molecule has 1 aliphatic rings. The van der Waals surface area contributed by atoms with Crippen molar-refractivity contribution >= 4 is 35.3 Å². The largest absolute Gasteiger partial charge is 0.478 e. The van der Waals surface area contributed by atoms with Gasteiger partial charge in [0.2, 0.25) is 0 Å². The van der Waals surface area contributed by atoms with Crippen LogP contribution in [0.1, 0.15) is 19.8 Å². The van der Waals surface area contributed by atoms with Gasteiger partial charge in [-0.1, -0.05) is 6.92 Å². The molecule has 1 rings (SSSR count). The lowest BCUT2D eigenvalue weighted by Crippen LogP contribution is -2.14. The van der Waals surface area contributed by atoms with Crippen molar-refractivity contribution in [3.05, 3.63) is 9.81 Å². The Bertz CT molecular complexity index is 276. The van der Waals surface area contributed by atoms with Gasteiger partial charge in [0, 0.05) is 6.42 Å². The van der Waals surface area contributed by atoms with Crippen LogP contribution in [0.25, 0.3) is 0 Å². The molecule has 1 N–H and O–H groups in total. The Labute approximate surface area is 91.3 Å². The van der Waals surface area contributed by atoms with Crippen molar-refractivity contribution in [3.8, 4) is 0 Å². The predicted octanol–water partition coefficient (Wildman–Crippen LogP) is 2.13. The molecule has 0 aromatic heterocycles. The van der Waals surface area contributed by atoms with Gasteiger partial charge in [-0.3, -0.25) is 4.79 Å². The maximum atomic E-state index is 11.4. The van der Waals surface area contributed by atoms with E-state index in [1.165, 1.54) is 23.5 Å². The van der Waals surface area contributed by atoms with Gasteiger partial charge < -0.3 is 5.11 Å². The number of hydrogen-bond acceptors (Lipinski definition) is 4. The van der Waals surface area contributed by atoms with Gasteiger partial charge in [0.1, 0.15) is 5.57 Å². The third kappa shape index (κ3) is 2.78. The molecule has 0 aliphatic carbocycles. The lowest BCUT2D eigenvalue weighted by atomic mass is 10.1. The second-order valence-electron chi connectivity index (χ2n) is 2.79. The number of carbonyl (C=O) groups excluding carboxylic acids is 1. The van der Waals surface area contributed by atoms with Crippen LogP contribution in [-0.2, 0) is 9.59 Å². The van der Waals surface area contributed by atoms with E-state index < -0.39 is 5.97 Å². The lowest BCUT2D eigenvalue weighted by molar-refractivity contribution is -0.134. The van der Waals surface area contributed by atoms with Gasteiger partial charge in [0.05, 0.1) is 4.24 Å². The first-order valence-corrected chi connectivity index (χ1v) is 6.40. The molecular formula is C9H12O3S2. The van der Waals surface area contributed by atoms with Crippen LogP contribution in [0.3, 0.4) is 0 Å². The maximum absolute atomic E-state index is 11.4. The first-order chi connectivity index (χ1) is 6.66. The number of rotatable bonds is 3. The average Bonchev–Trinajstić information content (AvgIpc) is 2.19. The molecule has 78 valence electrons. The van der Waals surface area contributed by atoms with Gasteiger partial charge in [-0.05, 0) is 17.9 Å². The third-order valence-corrected chi connectivity index (χ3v) is 4.40. The Morgan fingerprint density at radius 3 is 2.36 bits per heavy atom. The van der Waals surface area contributed by atoms with Gasteiger partial charge in [0.15, 0.2) is 5.78 Å². The zero-order valence-electron chi connectivity index (χ0n) is 7.91. The number of thioether (sulfide) groups is 2. The number of carbonyl (C=O) groups is 2. The van der Waals surface area contributed by atoms with E-state index in [0.717, 1.165) is 17.9 Å². The second-order valence-corrected chi connectivity index (χ2v) is 5.26. The Hall–Kier alpha value is -0.420. The van der Waals surface area contributed by atoms with Crippen molar-refractivity contribution in [2.45, 2.75) is 19.8 Å². The fourth-order valence-electron chi connectivity index (χ4n) is 1.07. The van der Waals surface area contributed by atoms with Crippen LogP contribution in [0.5, 0.6) is 0 Å². The van der Waals surface area contributed by atoms with Crippen molar-refractivity contribution in [3.63, 3.8) is 0 Å². The summed E-state index contributed by atoms with van der Waals surface area (Å²) in [5, 5.41) is 8.92. The minimum atomic E-state index is -1.09. The van der Waals surface area contributed by atoms with E-state index >= 15 is 0 Å². The van der Waals surface area contributed by atoms with Crippen LogP contribution in [0.4, 0.5) is 0 Å². The third-order valence-electron chi connectivity index (χ3n) is 1.77. The second kappa shape index (κ2) is 5.46. The van der Waals surface area contributed by atoms with E-state index in [0.29, 0.717) is 4.24 Å². The zero-order valence-corrected chi connectivity index (χ0v) is 9.54. The van der Waals surface area contributed by atoms with Crippen molar-refractivity contribution in [1.82, 2.24) is 0 Å². The Balaban J connectivity index is 2.94. The van der Waals surface area contributed by atoms with Crippen molar-refractivity contribution in [2.24, 2.45) is 0 Å². The number of aliphatic carboxylic acids is 1. The maximum Gasteiger partial charge on any atom is 0.341 e. The molecule has 0 unspecified atom stereocenters. The Morgan fingerprint density at radius 2 is 1.93 bits per heavy atom.